The van der Waals surface area contributed by atoms with Crippen LogP contribution in [0.4, 0.5) is 0 Å². The van der Waals surface area contributed by atoms with Gasteiger partial charge in [0.25, 0.3) is 5.88 Å². The van der Waals surface area contributed by atoms with Crippen molar-refractivity contribution in [2.75, 3.05) is 6.61 Å². The predicted octanol–water partition coefficient (Wildman–Crippen LogP) is -2.00. The molecule has 21 heavy (non-hydrogen) atoms. The topological polar surface area (TPSA) is 149 Å². The Hall–Kier alpha value is -2.01. The molecule has 2 aromatic heterocycles. The molecule has 3 rings (SSSR count). The molecule has 1 aliphatic rings. The van der Waals surface area contributed by atoms with Crippen LogP contribution in [0.25, 0.3) is 11.2 Å². The van der Waals surface area contributed by atoms with Gasteiger partial charge in [0.15, 0.2) is 17.4 Å². The van der Waals surface area contributed by atoms with E-state index < -0.39 is 37.0 Å². The number of fused-ring (bicyclic) bond motifs is 1. The molecule has 1 fully saturated rings. The van der Waals surface area contributed by atoms with E-state index in [9.17, 15) is 15.3 Å². The molecular formula is C11H14N5O5. The van der Waals surface area contributed by atoms with Crippen molar-refractivity contribution in [2.24, 2.45) is 7.05 Å². The summed E-state index contributed by atoms with van der Waals surface area (Å²) in [7, 11) is 1.41. The highest BCUT2D eigenvalue weighted by atomic mass is 16.6. The van der Waals surface area contributed by atoms with Crippen molar-refractivity contribution in [1.82, 2.24) is 19.1 Å². The Morgan fingerprint density at radius 1 is 1.43 bits per heavy atom. The molecule has 4 N–H and O–H groups in total. The van der Waals surface area contributed by atoms with Crippen LogP contribution in [-0.2, 0) is 16.9 Å². The van der Waals surface area contributed by atoms with Crippen molar-refractivity contribution in [3.05, 3.63) is 11.9 Å². The Kier molecular flexibility index (Phi) is 3.17. The lowest BCUT2D eigenvalue weighted by atomic mass is 10.1. The Morgan fingerprint density at radius 2 is 2.14 bits per heavy atom. The second-order valence-corrected chi connectivity index (χ2v) is 4.85. The van der Waals surface area contributed by atoms with E-state index in [1.165, 1.54) is 17.9 Å². The minimum atomic E-state index is -1.31. The Labute approximate surface area is 118 Å². The van der Waals surface area contributed by atoms with E-state index in [-0.39, 0.29) is 16.8 Å². The third-order valence-electron chi connectivity index (χ3n) is 3.60. The van der Waals surface area contributed by atoms with Gasteiger partial charge in [-0.05, 0) is 0 Å². The summed E-state index contributed by atoms with van der Waals surface area (Å²) >= 11 is 0. The number of nitrogens with zero attached hydrogens (tertiary/aromatic N) is 4. The number of ether oxygens (including phenoxy) is 1. The summed E-state index contributed by atoms with van der Waals surface area (Å²) in [6, 6.07) is 0. The molecule has 3 heterocycles. The van der Waals surface area contributed by atoms with Crippen LogP contribution in [0.1, 0.15) is 6.23 Å². The van der Waals surface area contributed by atoms with Crippen LogP contribution in [0.2, 0.25) is 0 Å². The van der Waals surface area contributed by atoms with E-state index in [1.54, 1.807) is 0 Å². The summed E-state index contributed by atoms with van der Waals surface area (Å²) in [6.07, 6.45) is -3.30. The summed E-state index contributed by atoms with van der Waals surface area (Å²) < 4.78 is 7.68. The van der Waals surface area contributed by atoms with Gasteiger partial charge in [0.1, 0.15) is 18.3 Å². The number of imidazole rings is 1. The summed E-state index contributed by atoms with van der Waals surface area (Å²) in [6.45, 7) is -0.458. The fourth-order valence-corrected chi connectivity index (χ4v) is 2.34. The first kappa shape index (κ1) is 13.9. The SMILES string of the molecule is Cn1c([O])c2ncn([C@@H]3O[C@H](CO)[C@@H](O)[C@H]3O)c2nc1=N. The van der Waals surface area contributed by atoms with Gasteiger partial charge in [0, 0.05) is 7.05 Å². The van der Waals surface area contributed by atoms with E-state index in [0.29, 0.717) is 0 Å². The van der Waals surface area contributed by atoms with Gasteiger partial charge in [-0.25, -0.2) is 4.98 Å². The maximum absolute atomic E-state index is 12.0. The highest BCUT2D eigenvalue weighted by Gasteiger charge is 2.44. The van der Waals surface area contributed by atoms with Gasteiger partial charge in [-0.15, -0.1) is 0 Å². The molecule has 0 spiro atoms. The molecule has 0 bridgehead atoms. The Balaban J connectivity index is 2.12. The first-order valence-corrected chi connectivity index (χ1v) is 6.23. The van der Waals surface area contributed by atoms with Gasteiger partial charge in [-0.3, -0.25) is 19.7 Å². The number of hydrogen-bond donors (Lipinski definition) is 4. The number of aliphatic hydroxyl groups is 3. The summed E-state index contributed by atoms with van der Waals surface area (Å²) in [5, 5.41) is 48.4. The van der Waals surface area contributed by atoms with E-state index in [2.05, 4.69) is 9.97 Å². The van der Waals surface area contributed by atoms with E-state index in [4.69, 9.17) is 15.3 Å². The van der Waals surface area contributed by atoms with Crippen LogP contribution in [-0.4, -0.2) is 59.3 Å². The molecule has 0 saturated carbocycles. The zero-order chi connectivity index (χ0) is 15.3. The lowest BCUT2D eigenvalue weighted by Crippen LogP contribution is -2.33. The molecule has 0 amide bonds. The van der Waals surface area contributed by atoms with Crippen LogP contribution in [0, 0.1) is 5.41 Å². The Bertz CT molecular complexity index is 740. The lowest BCUT2D eigenvalue weighted by Gasteiger charge is -2.16. The van der Waals surface area contributed by atoms with Crippen molar-refractivity contribution in [2.45, 2.75) is 24.5 Å². The van der Waals surface area contributed by atoms with Crippen LogP contribution in [0.15, 0.2) is 6.33 Å². The second kappa shape index (κ2) is 4.77. The number of hydrogen-bond acceptors (Lipinski definition) is 7. The molecular weight excluding hydrogens is 282 g/mol. The first-order chi connectivity index (χ1) is 9.95. The summed E-state index contributed by atoms with van der Waals surface area (Å²) in [4.78, 5) is 7.87. The standard InChI is InChI=1S/C11H14N5O5/c1-15-9(20)5-8(14-11(15)12)16(3-13-5)10-7(19)6(18)4(2-17)21-10/h3-4,6-7,10,12,17-19H,2H2,1H3/t4-,6-,7-,10-/m1/s1. The fraction of sp³-hybridized carbons (Fsp3) is 0.545. The maximum Gasteiger partial charge on any atom is 0.282 e. The number of aliphatic hydroxyl groups excluding tert-OH is 3. The molecule has 0 aliphatic carbocycles. The largest absolute Gasteiger partial charge is 0.394 e. The monoisotopic (exact) mass is 296 g/mol. The lowest BCUT2D eigenvalue weighted by molar-refractivity contribution is -0.0511. The van der Waals surface area contributed by atoms with Crippen molar-refractivity contribution in [1.29, 1.82) is 5.41 Å². The molecule has 2 aromatic rings. The molecule has 113 valence electrons. The number of nitrogens with one attached hydrogen (secondary N) is 1. The van der Waals surface area contributed by atoms with E-state index in [1.807, 2.05) is 0 Å². The third kappa shape index (κ3) is 1.92. The van der Waals surface area contributed by atoms with Gasteiger partial charge < -0.3 is 20.1 Å². The minimum absolute atomic E-state index is 0.0336. The predicted molar refractivity (Wildman–Crippen MR) is 65.5 cm³/mol. The first-order valence-electron chi connectivity index (χ1n) is 6.23. The van der Waals surface area contributed by atoms with Crippen LogP contribution in [0.3, 0.4) is 0 Å². The normalized spacial score (nSPS) is 29.3. The summed E-state index contributed by atoms with van der Waals surface area (Å²) in [5.74, 6) is -0.490. The minimum Gasteiger partial charge on any atom is -0.394 e. The molecule has 10 nitrogen and oxygen atoms in total. The van der Waals surface area contributed by atoms with Crippen molar-refractivity contribution < 1.29 is 25.2 Å². The van der Waals surface area contributed by atoms with Gasteiger partial charge in [0.2, 0.25) is 5.62 Å². The maximum atomic E-state index is 12.0. The average molecular weight is 296 g/mol. The molecule has 10 heteroatoms. The van der Waals surface area contributed by atoms with Crippen molar-refractivity contribution in [3.63, 3.8) is 0 Å². The molecule has 4 atom stereocenters. The van der Waals surface area contributed by atoms with Gasteiger partial charge in [-0.1, -0.05) is 0 Å². The van der Waals surface area contributed by atoms with Gasteiger partial charge in [-0.2, -0.15) is 4.98 Å². The van der Waals surface area contributed by atoms with Crippen LogP contribution < -0.4 is 5.62 Å². The summed E-state index contributed by atoms with van der Waals surface area (Å²) in [5.41, 5.74) is -0.148. The smallest absolute Gasteiger partial charge is 0.282 e. The highest BCUT2D eigenvalue weighted by molar-refractivity contribution is 5.75. The quantitative estimate of drug-likeness (QED) is 0.503. The second-order valence-electron chi connectivity index (χ2n) is 4.85. The molecule has 1 aliphatic heterocycles. The zero-order valence-corrected chi connectivity index (χ0v) is 11.0. The number of rotatable bonds is 2. The number of aromatic nitrogens is 4. The van der Waals surface area contributed by atoms with Crippen molar-refractivity contribution >= 4 is 11.2 Å². The van der Waals surface area contributed by atoms with Crippen molar-refractivity contribution in [3.8, 4) is 5.88 Å². The average Bonchev–Trinajstić information content (AvgIpc) is 2.99. The fourth-order valence-electron chi connectivity index (χ4n) is 2.34. The highest BCUT2D eigenvalue weighted by Crippen LogP contribution is 2.32. The van der Waals surface area contributed by atoms with Gasteiger partial charge >= 0.3 is 0 Å². The third-order valence-corrected chi connectivity index (χ3v) is 3.60. The van der Waals surface area contributed by atoms with Gasteiger partial charge in [0.05, 0.1) is 12.9 Å². The zero-order valence-electron chi connectivity index (χ0n) is 11.0. The van der Waals surface area contributed by atoms with E-state index >= 15 is 0 Å². The molecule has 1 saturated heterocycles. The molecule has 1 radical (unpaired) electrons. The van der Waals surface area contributed by atoms with Crippen LogP contribution in [0.5, 0.6) is 5.88 Å². The van der Waals surface area contributed by atoms with Crippen LogP contribution >= 0.6 is 0 Å². The van der Waals surface area contributed by atoms with E-state index in [0.717, 1.165) is 4.57 Å². The Morgan fingerprint density at radius 3 is 2.76 bits per heavy atom. The molecule has 0 aromatic carbocycles. The molecule has 0 unspecified atom stereocenters.